The van der Waals surface area contributed by atoms with Gasteiger partial charge in [0.2, 0.25) is 11.8 Å². The summed E-state index contributed by atoms with van der Waals surface area (Å²) in [4.78, 5) is 29.3. The molecule has 0 aliphatic rings. The van der Waals surface area contributed by atoms with Gasteiger partial charge in [-0.2, -0.15) is 0 Å². The summed E-state index contributed by atoms with van der Waals surface area (Å²) >= 11 is 12.4. The van der Waals surface area contributed by atoms with Gasteiger partial charge in [-0.1, -0.05) is 79.0 Å². The van der Waals surface area contributed by atoms with Crippen molar-refractivity contribution in [2.45, 2.75) is 64.1 Å². The SMILES string of the molecule is CCC(C)NC(=O)C(CC)N(Cc1ccc(Cl)c(Cl)c1)C(=O)CN(c1ccc(Oc2ccccc2)cc1)S(=O)(=O)c1ccc(C)cc1. The Hall–Kier alpha value is -4.05. The summed E-state index contributed by atoms with van der Waals surface area (Å²) in [6.07, 6.45) is 1.00. The second-order valence-corrected chi connectivity index (χ2v) is 13.9. The van der Waals surface area contributed by atoms with Gasteiger partial charge in [0.25, 0.3) is 10.0 Å². The summed E-state index contributed by atoms with van der Waals surface area (Å²) in [5, 5.41) is 3.62. The van der Waals surface area contributed by atoms with Gasteiger partial charge in [0.15, 0.2) is 0 Å². The smallest absolute Gasteiger partial charge is 0.264 e. The van der Waals surface area contributed by atoms with Crippen LogP contribution in [0.5, 0.6) is 11.5 Å². The summed E-state index contributed by atoms with van der Waals surface area (Å²) in [5.74, 6) is 0.222. The van der Waals surface area contributed by atoms with Crippen LogP contribution >= 0.6 is 23.2 Å². The Labute approximate surface area is 287 Å². The van der Waals surface area contributed by atoms with Crippen LogP contribution in [0.3, 0.4) is 0 Å². The van der Waals surface area contributed by atoms with Crippen molar-refractivity contribution in [2.75, 3.05) is 10.8 Å². The van der Waals surface area contributed by atoms with Crippen molar-refractivity contribution in [3.8, 4) is 11.5 Å². The molecule has 248 valence electrons. The monoisotopic (exact) mass is 695 g/mol. The van der Waals surface area contributed by atoms with Crippen LogP contribution in [0.15, 0.2) is 102 Å². The number of hydrogen-bond donors (Lipinski definition) is 1. The van der Waals surface area contributed by atoms with Crippen molar-refractivity contribution in [1.82, 2.24) is 10.2 Å². The molecule has 0 aliphatic carbocycles. The van der Waals surface area contributed by atoms with E-state index in [1.807, 2.05) is 58.0 Å². The Morgan fingerprint density at radius 2 is 1.47 bits per heavy atom. The quantitative estimate of drug-likeness (QED) is 0.144. The van der Waals surface area contributed by atoms with E-state index in [1.165, 1.54) is 17.0 Å². The number of aryl methyl sites for hydroxylation is 1. The lowest BCUT2D eigenvalue weighted by Crippen LogP contribution is -2.53. The van der Waals surface area contributed by atoms with E-state index in [1.54, 1.807) is 54.6 Å². The summed E-state index contributed by atoms with van der Waals surface area (Å²) in [5.41, 5.74) is 1.78. The van der Waals surface area contributed by atoms with Gasteiger partial charge in [0.05, 0.1) is 20.6 Å². The molecule has 0 spiro atoms. The standard InChI is InChI=1S/C36H39Cl2N3O5S/c1-5-26(4)39-36(43)34(6-2)40(23-27-14-21-32(37)33(38)22-27)35(42)24-41(47(44,45)31-19-12-25(3)13-20-31)28-15-17-30(18-16-28)46-29-10-8-7-9-11-29/h7-22,26,34H,5-6,23-24H2,1-4H3,(H,39,43). The number of para-hydroxylation sites is 1. The van der Waals surface area contributed by atoms with Gasteiger partial charge in [-0.3, -0.25) is 13.9 Å². The number of nitrogens with zero attached hydrogens (tertiary/aromatic N) is 2. The van der Waals surface area contributed by atoms with E-state index in [2.05, 4.69) is 5.32 Å². The number of hydrogen-bond acceptors (Lipinski definition) is 5. The number of rotatable bonds is 14. The topological polar surface area (TPSA) is 96.0 Å². The van der Waals surface area contributed by atoms with Crippen LogP contribution in [0.4, 0.5) is 5.69 Å². The molecule has 0 saturated carbocycles. The second kappa shape index (κ2) is 16.2. The van der Waals surface area contributed by atoms with Crippen LogP contribution in [-0.4, -0.2) is 43.8 Å². The summed E-state index contributed by atoms with van der Waals surface area (Å²) in [6.45, 7) is 6.95. The predicted octanol–water partition coefficient (Wildman–Crippen LogP) is 8.01. The van der Waals surface area contributed by atoms with Gasteiger partial charge in [0.1, 0.15) is 24.1 Å². The molecule has 8 nitrogen and oxygen atoms in total. The van der Waals surface area contributed by atoms with Crippen LogP contribution in [0, 0.1) is 6.92 Å². The summed E-state index contributed by atoms with van der Waals surface area (Å²) in [7, 11) is -4.23. The summed E-state index contributed by atoms with van der Waals surface area (Å²) in [6, 6.07) is 26.1. The van der Waals surface area contributed by atoms with Crippen LogP contribution in [-0.2, 0) is 26.2 Å². The van der Waals surface area contributed by atoms with E-state index < -0.39 is 28.5 Å². The average Bonchev–Trinajstić information content (AvgIpc) is 3.06. The first-order valence-electron chi connectivity index (χ1n) is 15.4. The molecule has 0 aromatic heterocycles. The second-order valence-electron chi connectivity index (χ2n) is 11.2. The highest BCUT2D eigenvalue weighted by Gasteiger charge is 2.34. The first-order chi connectivity index (χ1) is 22.4. The molecule has 47 heavy (non-hydrogen) atoms. The molecule has 0 heterocycles. The minimum atomic E-state index is -4.23. The molecule has 0 saturated heterocycles. The molecule has 4 aromatic carbocycles. The number of carbonyl (C=O) groups is 2. The maximum atomic E-state index is 14.3. The highest BCUT2D eigenvalue weighted by atomic mass is 35.5. The van der Waals surface area contributed by atoms with E-state index in [9.17, 15) is 18.0 Å². The Bertz CT molecular complexity index is 1770. The fourth-order valence-corrected chi connectivity index (χ4v) is 6.60. The van der Waals surface area contributed by atoms with Crippen LogP contribution in [0.25, 0.3) is 0 Å². The lowest BCUT2D eigenvalue weighted by molar-refractivity contribution is -0.140. The molecule has 0 aliphatic heterocycles. The van der Waals surface area contributed by atoms with Gasteiger partial charge >= 0.3 is 0 Å². The number of benzene rings is 4. The van der Waals surface area contributed by atoms with Gasteiger partial charge in [-0.05, 0) is 92.9 Å². The van der Waals surface area contributed by atoms with E-state index in [0.717, 1.165) is 9.87 Å². The Kier molecular flexibility index (Phi) is 12.3. The minimum absolute atomic E-state index is 0.00439. The molecule has 4 rings (SSSR count). The van der Waals surface area contributed by atoms with E-state index >= 15 is 0 Å². The van der Waals surface area contributed by atoms with Gasteiger partial charge in [0, 0.05) is 12.6 Å². The Balaban J connectivity index is 1.74. The minimum Gasteiger partial charge on any atom is -0.457 e. The number of amides is 2. The maximum absolute atomic E-state index is 14.3. The molecule has 1 N–H and O–H groups in total. The van der Waals surface area contributed by atoms with Gasteiger partial charge in [-0.25, -0.2) is 8.42 Å². The largest absolute Gasteiger partial charge is 0.457 e. The normalized spacial score (nSPS) is 12.6. The molecular formula is C36H39Cl2N3O5S. The van der Waals surface area contributed by atoms with E-state index in [4.69, 9.17) is 27.9 Å². The molecule has 0 bridgehead atoms. The molecule has 2 atom stereocenters. The zero-order valence-electron chi connectivity index (χ0n) is 26.8. The van der Waals surface area contributed by atoms with Crippen molar-refractivity contribution in [1.29, 1.82) is 0 Å². The van der Waals surface area contributed by atoms with E-state index in [0.29, 0.717) is 39.9 Å². The number of sulfonamides is 1. The van der Waals surface area contributed by atoms with Crippen molar-refractivity contribution in [3.63, 3.8) is 0 Å². The molecular weight excluding hydrogens is 657 g/mol. The lowest BCUT2D eigenvalue weighted by atomic mass is 10.1. The maximum Gasteiger partial charge on any atom is 0.264 e. The van der Waals surface area contributed by atoms with Crippen LogP contribution in [0.2, 0.25) is 10.0 Å². The lowest BCUT2D eigenvalue weighted by Gasteiger charge is -2.33. The van der Waals surface area contributed by atoms with Crippen molar-refractivity contribution < 1.29 is 22.7 Å². The Morgan fingerprint density at radius 3 is 2.06 bits per heavy atom. The van der Waals surface area contributed by atoms with Gasteiger partial charge < -0.3 is 15.0 Å². The zero-order valence-corrected chi connectivity index (χ0v) is 29.1. The molecule has 0 radical (unpaired) electrons. The zero-order chi connectivity index (χ0) is 34.1. The predicted molar refractivity (Wildman–Crippen MR) is 188 cm³/mol. The molecule has 4 aromatic rings. The number of nitrogens with one attached hydrogen (secondary N) is 1. The van der Waals surface area contributed by atoms with E-state index in [-0.39, 0.29) is 29.1 Å². The number of anilines is 1. The first-order valence-corrected chi connectivity index (χ1v) is 17.6. The fourth-order valence-electron chi connectivity index (χ4n) is 4.87. The summed E-state index contributed by atoms with van der Waals surface area (Å²) < 4.78 is 35.3. The highest BCUT2D eigenvalue weighted by molar-refractivity contribution is 7.92. The van der Waals surface area contributed by atoms with Gasteiger partial charge in [-0.15, -0.1) is 0 Å². The van der Waals surface area contributed by atoms with Crippen molar-refractivity contribution >= 4 is 50.7 Å². The first kappa shape index (κ1) is 35.8. The molecule has 11 heteroatoms. The fraction of sp³-hybridized carbons (Fsp3) is 0.278. The van der Waals surface area contributed by atoms with Crippen molar-refractivity contribution in [2.24, 2.45) is 0 Å². The third-order valence-corrected chi connectivity index (χ3v) is 10.2. The number of carbonyl (C=O) groups excluding carboxylic acids is 2. The molecule has 2 amide bonds. The Morgan fingerprint density at radius 1 is 0.830 bits per heavy atom. The van der Waals surface area contributed by atoms with Crippen LogP contribution < -0.4 is 14.4 Å². The molecule has 2 unspecified atom stereocenters. The third-order valence-electron chi connectivity index (χ3n) is 7.72. The van der Waals surface area contributed by atoms with Crippen LogP contribution in [0.1, 0.15) is 44.7 Å². The van der Waals surface area contributed by atoms with Crippen molar-refractivity contribution in [3.05, 3.63) is 118 Å². The number of halogens is 2. The third kappa shape index (κ3) is 9.28. The highest BCUT2D eigenvalue weighted by Crippen LogP contribution is 2.29. The molecule has 0 fully saturated rings. The number of ether oxygens (including phenoxy) is 1. The average molecular weight is 697 g/mol.